The molecule has 4 nitrogen and oxygen atoms in total. The molecule has 4 aromatic heterocycles. The van der Waals surface area contributed by atoms with Crippen LogP contribution >= 0.6 is 22.7 Å². The Hall–Kier alpha value is -7.64. The van der Waals surface area contributed by atoms with Crippen LogP contribution in [0.5, 0.6) is 0 Å². The Labute approximate surface area is 366 Å². The van der Waals surface area contributed by atoms with Crippen LogP contribution in [-0.4, -0.2) is 19.9 Å². The van der Waals surface area contributed by atoms with Gasteiger partial charge in [-0.05, 0) is 106 Å². The number of hydrogen-bond acceptors (Lipinski definition) is 6. The lowest BCUT2D eigenvalue weighted by Crippen LogP contribution is -2.01. The van der Waals surface area contributed by atoms with E-state index in [9.17, 15) is 0 Å². The Morgan fingerprint density at radius 3 is 1.42 bits per heavy atom. The predicted octanol–water partition coefficient (Wildman–Crippen LogP) is 15.7. The van der Waals surface area contributed by atoms with Gasteiger partial charge in [0.2, 0.25) is 0 Å². The van der Waals surface area contributed by atoms with Gasteiger partial charge in [-0.2, -0.15) is 0 Å². The molecule has 6 heteroatoms. The Balaban J connectivity index is 1.10. The second-order valence-electron chi connectivity index (χ2n) is 15.5. The zero-order valence-electron chi connectivity index (χ0n) is 33.2. The van der Waals surface area contributed by atoms with Crippen LogP contribution in [0.4, 0.5) is 0 Å². The molecule has 0 fully saturated rings. The van der Waals surface area contributed by atoms with Crippen LogP contribution in [0.2, 0.25) is 0 Å². The molecule has 0 N–H and O–H groups in total. The van der Waals surface area contributed by atoms with Gasteiger partial charge in [-0.25, -0.2) is 15.0 Å². The summed E-state index contributed by atoms with van der Waals surface area (Å²) in [4.78, 5) is 20.4. The zero-order valence-corrected chi connectivity index (χ0v) is 34.9. The number of benzene rings is 8. The van der Waals surface area contributed by atoms with Crippen LogP contribution in [0, 0.1) is 0 Å². The fourth-order valence-electron chi connectivity index (χ4n) is 8.58. The van der Waals surface area contributed by atoms with Crippen molar-refractivity contribution in [2.75, 3.05) is 0 Å². The fraction of sp³-hybridized carbons (Fsp3) is 0. The Morgan fingerprint density at radius 2 is 0.758 bits per heavy atom. The molecule has 62 heavy (non-hydrogen) atoms. The summed E-state index contributed by atoms with van der Waals surface area (Å²) < 4.78 is 5.13. The van der Waals surface area contributed by atoms with E-state index in [-0.39, 0.29) is 0 Å². The summed E-state index contributed by atoms with van der Waals surface area (Å²) in [5.74, 6) is 1.80. The van der Waals surface area contributed by atoms with E-state index >= 15 is 0 Å². The Bertz CT molecular complexity index is 3520. The maximum Gasteiger partial charge on any atom is 0.164 e. The molecular weight excluding hydrogens is 793 g/mol. The van der Waals surface area contributed by atoms with E-state index in [1.54, 1.807) is 6.20 Å². The van der Waals surface area contributed by atoms with Crippen LogP contribution in [0.1, 0.15) is 0 Å². The molecule has 0 spiro atoms. The molecule has 12 rings (SSSR count). The highest BCUT2D eigenvalue weighted by molar-refractivity contribution is 7.26. The van der Waals surface area contributed by atoms with Gasteiger partial charge in [0.25, 0.3) is 0 Å². The molecule has 0 unspecified atom stereocenters. The van der Waals surface area contributed by atoms with Crippen molar-refractivity contribution in [2.24, 2.45) is 0 Å². The van der Waals surface area contributed by atoms with Gasteiger partial charge in [0, 0.05) is 75.0 Å². The van der Waals surface area contributed by atoms with Gasteiger partial charge in [-0.1, -0.05) is 127 Å². The molecule has 12 aromatic rings. The highest BCUT2D eigenvalue weighted by Crippen LogP contribution is 2.41. The van der Waals surface area contributed by atoms with Crippen molar-refractivity contribution in [1.29, 1.82) is 0 Å². The number of thiophene rings is 2. The first-order chi connectivity index (χ1) is 30.7. The summed E-state index contributed by atoms with van der Waals surface area (Å²) >= 11 is 3.67. The minimum Gasteiger partial charge on any atom is -0.264 e. The summed E-state index contributed by atoms with van der Waals surface area (Å²) in [5.41, 5.74) is 11.4. The summed E-state index contributed by atoms with van der Waals surface area (Å²) in [6.07, 6.45) is 3.69. The number of fused-ring (bicyclic) bond motifs is 6. The van der Waals surface area contributed by atoms with Crippen molar-refractivity contribution in [3.05, 3.63) is 207 Å². The maximum absolute atomic E-state index is 5.36. The quantitative estimate of drug-likeness (QED) is 0.161. The highest BCUT2D eigenvalue weighted by atomic mass is 32.1. The number of rotatable bonds is 7. The molecule has 4 heterocycles. The molecule has 0 amide bonds. The van der Waals surface area contributed by atoms with Crippen LogP contribution < -0.4 is 0 Å². The monoisotopic (exact) mass is 826 g/mol. The minimum atomic E-state index is 0.596. The molecule has 0 saturated heterocycles. The van der Waals surface area contributed by atoms with E-state index in [1.807, 2.05) is 47.1 Å². The normalized spacial score (nSPS) is 11.5. The van der Waals surface area contributed by atoms with E-state index in [2.05, 4.69) is 181 Å². The van der Waals surface area contributed by atoms with Crippen molar-refractivity contribution >= 4 is 63.0 Å². The predicted molar refractivity (Wildman–Crippen MR) is 261 cm³/mol. The first-order valence-electron chi connectivity index (χ1n) is 20.6. The number of hydrogen-bond donors (Lipinski definition) is 0. The van der Waals surface area contributed by atoms with Gasteiger partial charge in [0.15, 0.2) is 17.5 Å². The molecule has 0 aliphatic heterocycles. The van der Waals surface area contributed by atoms with E-state index in [0.717, 1.165) is 61.2 Å². The molecular formula is C56H34N4S2. The standard InChI is InChI=1S/C56H34N4S2/c1-2-12-35(13-3-1)36-14-10-15-39(28-36)54-58-55(60-56(59-54)47-20-5-4-17-44(47)40-16-11-27-57-34-40)43-30-41(37-23-25-52-48(32-37)45-18-6-8-21-50(45)61-52)29-42(31-43)38-24-26-53-49(33-38)46-19-7-9-22-51(46)62-53/h1-34H. The van der Waals surface area contributed by atoms with E-state index in [1.165, 1.54) is 40.3 Å². The van der Waals surface area contributed by atoms with Crippen molar-refractivity contribution in [2.45, 2.75) is 0 Å². The summed E-state index contributed by atoms with van der Waals surface area (Å²) in [5, 5.41) is 5.07. The molecule has 0 atom stereocenters. The molecule has 0 bridgehead atoms. The maximum atomic E-state index is 5.36. The SMILES string of the molecule is c1ccc(-c2cccc(-c3nc(-c4cc(-c5ccc6sc7ccccc7c6c5)cc(-c5ccc6sc7ccccc7c6c5)c4)nc(-c4ccccc4-c4cccnc4)n3)c2)cc1. The smallest absolute Gasteiger partial charge is 0.164 e. The molecule has 290 valence electrons. The largest absolute Gasteiger partial charge is 0.264 e. The van der Waals surface area contributed by atoms with E-state index < -0.39 is 0 Å². The fourth-order valence-corrected chi connectivity index (χ4v) is 10.7. The average Bonchev–Trinajstić information content (AvgIpc) is 3.92. The zero-order chi connectivity index (χ0) is 41.0. The number of aromatic nitrogens is 4. The Kier molecular flexibility index (Phi) is 8.84. The topological polar surface area (TPSA) is 51.6 Å². The van der Waals surface area contributed by atoms with Crippen molar-refractivity contribution in [3.63, 3.8) is 0 Å². The molecule has 0 saturated carbocycles. The minimum absolute atomic E-state index is 0.596. The van der Waals surface area contributed by atoms with E-state index in [4.69, 9.17) is 15.0 Å². The average molecular weight is 827 g/mol. The summed E-state index contributed by atoms with van der Waals surface area (Å²) in [6.45, 7) is 0. The third-order valence-electron chi connectivity index (χ3n) is 11.6. The van der Waals surface area contributed by atoms with Gasteiger partial charge in [0.05, 0.1) is 0 Å². The van der Waals surface area contributed by atoms with Crippen molar-refractivity contribution < 1.29 is 0 Å². The van der Waals surface area contributed by atoms with Crippen LogP contribution in [0.25, 0.3) is 119 Å². The molecule has 0 aliphatic rings. The van der Waals surface area contributed by atoms with Gasteiger partial charge in [-0.15, -0.1) is 22.7 Å². The Morgan fingerprint density at radius 1 is 0.274 bits per heavy atom. The van der Waals surface area contributed by atoms with Gasteiger partial charge < -0.3 is 0 Å². The summed E-state index contributed by atoms with van der Waals surface area (Å²) in [7, 11) is 0. The van der Waals surface area contributed by atoms with Crippen LogP contribution in [0.3, 0.4) is 0 Å². The number of nitrogens with zero attached hydrogens (tertiary/aromatic N) is 4. The third kappa shape index (κ3) is 6.54. The lowest BCUT2D eigenvalue weighted by Gasteiger charge is -2.14. The van der Waals surface area contributed by atoms with Crippen molar-refractivity contribution in [3.8, 4) is 78.7 Å². The van der Waals surface area contributed by atoms with Gasteiger partial charge in [0.1, 0.15) is 0 Å². The van der Waals surface area contributed by atoms with Crippen LogP contribution in [-0.2, 0) is 0 Å². The van der Waals surface area contributed by atoms with E-state index in [0.29, 0.717) is 17.5 Å². The van der Waals surface area contributed by atoms with Crippen LogP contribution in [0.15, 0.2) is 207 Å². The second kappa shape index (κ2) is 15.1. The van der Waals surface area contributed by atoms with Crippen molar-refractivity contribution in [1.82, 2.24) is 19.9 Å². The summed E-state index contributed by atoms with van der Waals surface area (Å²) in [6, 6.07) is 69.1. The highest BCUT2D eigenvalue weighted by Gasteiger charge is 2.19. The molecule has 8 aromatic carbocycles. The number of pyridine rings is 1. The van der Waals surface area contributed by atoms with Gasteiger partial charge in [-0.3, -0.25) is 4.98 Å². The molecule has 0 radical (unpaired) electrons. The lowest BCUT2D eigenvalue weighted by molar-refractivity contribution is 1.07. The second-order valence-corrected chi connectivity index (χ2v) is 17.6. The lowest BCUT2D eigenvalue weighted by atomic mass is 9.94. The van der Waals surface area contributed by atoms with Gasteiger partial charge >= 0.3 is 0 Å². The first-order valence-corrected chi connectivity index (χ1v) is 22.2. The molecule has 0 aliphatic carbocycles. The first kappa shape index (κ1) is 36.2. The third-order valence-corrected chi connectivity index (χ3v) is 13.9.